The fourth-order valence-electron chi connectivity index (χ4n) is 1.55. The van der Waals surface area contributed by atoms with Gasteiger partial charge in [0.25, 0.3) is 5.91 Å². The number of para-hydroxylation sites is 1. The molecule has 0 saturated carbocycles. The van der Waals surface area contributed by atoms with Gasteiger partial charge >= 0.3 is 0 Å². The Morgan fingerprint density at radius 1 is 1.47 bits per heavy atom. The first kappa shape index (κ1) is 13.5. The molecule has 1 amide bonds. The highest BCUT2D eigenvalue weighted by Gasteiger charge is 2.12. The Kier molecular flexibility index (Phi) is 4.97. The summed E-state index contributed by atoms with van der Waals surface area (Å²) in [5, 5.41) is 21.6. The van der Waals surface area contributed by atoms with Crippen LogP contribution in [0.1, 0.15) is 36.2 Å². The van der Waals surface area contributed by atoms with E-state index >= 15 is 0 Å². The molecule has 17 heavy (non-hydrogen) atoms. The summed E-state index contributed by atoms with van der Waals surface area (Å²) in [5.74, 6) is -0.261. The van der Waals surface area contributed by atoms with Crippen LogP contribution in [0.25, 0.3) is 0 Å². The molecule has 0 fully saturated rings. The number of hydrogen-bond donors (Lipinski definition) is 3. The first-order valence-corrected chi connectivity index (χ1v) is 5.83. The van der Waals surface area contributed by atoms with Crippen LogP contribution >= 0.6 is 0 Å². The maximum absolute atomic E-state index is 11.8. The van der Waals surface area contributed by atoms with Crippen LogP contribution in [-0.2, 0) is 6.42 Å². The summed E-state index contributed by atoms with van der Waals surface area (Å²) >= 11 is 0. The number of phenols is 1. The lowest BCUT2D eigenvalue weighted by Crippen LogP contribution is -2.26. The molecule has 0 aliphatic rings. The van der Waals surface area contributed by atoms with Gasteiger partial charge in [-0.15, -0.1) is 0 Å². The molecule has 0 aliphatic carbocycles. The first-order chi connectivity index (χ1) is 8.06. The Hall–Kier alpha value is -1.55. The standard InChI is InChI=1S/C13H19NO3/c1-3-10-5-4-6-11(12(10)16)13(17)14-8-7-9(2)15/h4-6,9,15-16H,3,7-8H2,1-2H3,(H,14,17). The summed E-state index contributed by atoms with van der Waals surface area (Å²) in [5.41, 5.74) is 1.04. The topological polar surface area (TPSA) is 69.6 Å². The number of aryl methyl sites for hydroxylation is 1. The molecule has 94 valence electrons. The second kappa shape index (κ2) is 6.25. The molecule has 0 saturated heterocycles. The number of benzene rings is 1. The highest BCUT2D eigenvalue weighted by molar-refractivity contribution is 5.97. The summed E-state index contributed by atoms with van der Waals surface area (Å²) in [6.07, 6.45) is 0.742. The number of carbonyl (C=O) groups is 1. The van der Waals surface area contributed by atoms with Crippen molar-refractivity contribution in [2.75, 3.05) is 6.54 Å². The lowest BCUT2D eigenvalue weighted by molar-refractivity contribution is 0.0943. The van der Waals surface area contributed by atoms with E-state index in [0.717, 1.165) is 5.56 Å². The number of nitrogens with one attached hydrogen (secondary N) is 1. The molecular weight excluding hydrogens is 218 g/mol. The van der Waals surface area contributed by atoms with E-state index in [-0.39, 0.29) is 17.2 Å². The largest absolute Gasteiger partial charge is 0.507 e. The summed E-state index contributed by atoms with van der Waals surface area (Å²) in [6.45, 7) is 3.98. The number of rotatable bonds is 5. The van der Waals surface area contributed by atoms with E-state index in [9.17, 15) is 9.90 Å². The average molecular weight is 237 g/mol. The number of aliphatic hydroxyl groups excluding tert-OH is 1. The third-order valence-corrected chi connectivity index (χ3v) is 2.59. The lowest BCUT2D eigenvalue weighted by Gasteiger charge is -2.10. The van der Waals surface area contributed by atoms with Crippen molar-refractivity contribution in [3.8, 4) is 5.75 Å². The molecule has 0 heterocycles. The van der Waals surface area contributed by atoms with Gasteiger partial charge < -0.3 is 15.5 Å². The van der Waals surface area contributed by atoms with E-state index in [0.29, 0.717) is 19.4 Å². The normalized spacial score (nSPS) is 12.2. The van der Waals surface area contributed by atoms with Crippen LogP contribution in [0.3, 0.4) is 0 Å². The zero-order chi connectivity index (χ0) is 12.8. The van der Waals surface area contributed by atoms with Gasteiger partial charge in [0.05, 0.1) is 11.7 Å². The second-order valence-corrected chi connectivity index (χ2v) is 4.06. The van der Waals surface area contributed by atoms with Crippen molar-refractivity contribution >= 4 is 5.91 Å². The van der Waals surface area contributed by atoms with Crippen LogP contribution < -0.4 is 5.32 Å². The summed E-state index contributed by atoms with van der Waals surface area (Å²) in [4.78, 5) is 11.8. The summed E-state index contributed by atoms with van der Waals surface area (Å²) < 4.78 is 0. The average Bonchev–Trinajstić information content (AvgIpc) is 2.28. The van der Waals surface area contributed by atoms with Crippen LogP contribution in [0.15, 0.2) is 18.2 Å². The van der Waals surface area contributed by atoms with Gasteiger partial charge in [-0.1, -0.05) is 19.1 Å². The Morgan fingerprint density at radius 2 is 2.18 bits per heavy atom. The molecule has 4 nitrogen and oxygen atoms in total. The van der Waals surface area contributed by atoms with Gasteiger partial charge in [-0.3, -0.25) is 4.79 Å². The number of aliphatic hydroxyl groups is 1. The van der Waals surface area contributed by atoms with Crippen molar-refractivity contribution in [2.24, 2.45) is 0 Å². The van der Waals surface area contributed by atoms with Gasteiger partial charge in [0.2, 0.25) is 0 Å². The van der Waals surface area contributed by atoms with Gasteiger partial charge in [-0.25, -0.2) is 0 Å². The minimum absolute atomic E-state index is 0.0459. The van der Waals surface area contributed by atoms with Crippen molar-refractivity contribution < 1.29 is 15.0 Å². The van der Waals surface area contributed by atoms with Crippen molar-refractivity contribution in [3.63, 3.8) is 0 Å². The third kappa shape index (κ3) is 3.75. The van der Waals surface area contributed by atoms with Crippen LogP contribution in [0.5, 0.6) is 5.75 Å². The first-order valence-electron chi connectivity index (χ1n) is 5.83. The van der Waals surface area contributed by atoms with Crippen molar-refractivity contribution in [2.45, 2.75) is 32.8 Å². The number of carbonyl (C=O) groups excluding carboxylic acids is 1. The monoisotopic (exact) mass is 237 g/mol. The predicted octanol–water partition coefficient (Wildman–Crippen LogP) is 1.46. The molecule has 0 bridgehead atoms. The van der Waals surface area contributed by atoms with E-state index in [2.05, 4.69) is 5.32 Å². The minimum atomic E-state index is -0.439. The lowest BCUT2D eigenvalue weighted by atomic mass is 10.1. The number of aromatic hydroxyl groups is 1. The van der Waals surface area contributed by atoms with Crippen molar-refractivity contribution in [3.05, 3.63) is 29.3 Å². The van der Waals surface area contributed by atoms with Crippen LogP contribution in [0.2, 0.25) is 0 Å². The fraction of sp³-hybridized carbons (Fsp3) is 0.462. The minimum Gasteiger partial charge on any atom is -0.507 e. The molecule has 0 radical (unpaired) electrons. The van der Waals surface area contributed by atoms with E-state index in [4.69, 9.17) is 5.11 Å². The highest BCUT2D eigenvalue weighted by Crippen LogP contribution is 2.22. The van der Waals surface area contributed by atoms with Crippen LogP contribution in [0, 0.1) is 0 Å². The van der Waals surface area contributed by atoms with Crippen molar-refractivity contribution in [1.82, 2.24) is 5.32 Å². The molecule has 0 aliphatic heterocycles. The van der Waals surface area contributed by atoms with Gasteiger partial charge in [-0.05, 0) is 31.4 Å². The van der Waals surface area contributed by atoms with Gasteiger partial charge in [0, 0.05) is 6.54 Å². The van der Waals surface area contributed by atoms with Crippen LogP contribution in [0.4, 0.5) is 0 Å². The molecule has 0 spiro atoms. The van der Waals surface area contributed by atoms with E-state index in [1.807, 2.05) is 6.92 Å². The molecule has 0 aromatic heterocycles. The fourth-order valence-corrected chi connectivity index (χ4v) is 1.55. The molecule has 1 unspecified atom stereocenters. The maximum Gasteiger partial charge on any atom is 0.255 e. The number of hydrogen-bond acceptors (Lipinski definition) is 3. The predicted molar refractivity (Wildman–Crippen MR) is 66.1 cm³/mol. The maximum atomic E-state index is 11.8. The van der Waals surface area contributed by atoms with Crippen LogP contribution in [-0.4, -0.2) is 28.8 Å². The Labute approximate surface area is 101 Å². The quantitative estimate of drug-likeness (QED) is 0.726. The molecule has 3 N–H and O–H groups in total. The molecule has 1 atom stereocenters. The highest BCUT2D eigenvalue weighted by atomic mass is 16.3. The third-order valence-electron chi connectivity index (χ3n) is 2.59. The van der Waals surface area contributed by atoms with Gasteiger partial charge in [0.15, 0.2) is 0 Å². The molecule has 1 rings (SSSR count). The van der Waals surface area contributed by atoms with E-state index < -0.39 is 6.10 Å². The smallest absolute Gasteiger partial charge is 0.255 e. The Bertz CT molecular complexity index is 388. The molecular formula is C13H19NO3. The van der Waals surface area contributed by atoms with Crippen molar-refractivity contribution in [1.29, 1.82) is 0 Å². The zero-order valence-electron chi connectivity index (χ0n) is 10.2. The Morgan fingerprint density at radius 3 is 2.76 bits per heavy atom. The van der Waals surface area contributed by atoms with E-state index in [1.165, 1.54) is 0 Å². The summed E-state index contributed by atoms with van der Waals surface area (Å²) in [7, 11) is 0. The van der Waals surface area contributed by atoms with E-state index in [1.54, 1.807) is 25.1 Å². The SMILES string of the molecule is CCc1cccc(C(=O)NCCC(C)O)c1O. The van der Waals surface area contributed by atoms with Gasteiger partial charge in [-0.2, -0.15) is 0 Å². The molecule has 1 aromatic rings. The van der Waals surface area contributed by atoms with Gasteiger partial charge in [0.1, 0.15) is 5.75 Å². The number of phenolic OH excluding ortho intramolecular Hbond substituents is 1. The zero-order valence-corrected chi connectivity index (χ0v) is 10.2. The molecule has 4 heteroatoms. The molecule has 1 aromatic carbocycles. The second-order valence-electron chi connectivity index (χ2n) is 4.06. The number of amides is 1. The summed E-state index contributed by atoms with van der Waals surface area (Å²) in [6, 6.07) is 5.14. The Balaban J connectivity index is 2.69.